The molecule has 10 heteroatoms. The van der Waals surface area contributed by atoms with E-state index >= 15 is 0 Å². The highest BCUT2D eigenvalue weighted by Gasteiger charge is 2.21. The van der Waals surface area contributed by atoms with Gasteiger partial charge in [-0.2, -0.15) is 8.42 Å². The normalized spacial score (nSPS) is 12.2. The van der Waals surface area contributed by atoms with Crippen LogP contribution in [-0.2, 0) is 31.0 Å². The number of hydrogen-bond acceptors (Lipinski definition) is 7. The average molecular weight is 416 g/mol. The Morgan fingerprint density at radius 3 is 2.18 bits per heavy atom. The fraction of sp³-hybridized carbons (Fsp3) is 0.556. The van der Waals surface area contributed by atoms with Crippen molar-refractivity contribution in [2.45, 2.75) is 59.3 Å². The van der Waals surface area contributed by atoms with Crippen molar-refractivity contribution in [1.29, 1.82) is 0 Å². The topological polar surface area (TPSA) is 123 Å². The van der Waals surface area contributed by atoms with Gasteiger partial charge in [0.15, 0.2) is 0 Å². The summed E-state index contributed by atoms with van der Waals surface area (Å²) < 4.78 is 38.2. The van der Waals surface area contributed by atoms with Crippen molar-refractivity contribution >= 4 is 28.0 Å². The van der Waals surface area contributed by atoms with Gasteiger partial charge in [-0.3, -0.25) is 9.52 Å². The maximum Gasteiger partial charge on any atom is 0.422 e. The summed E-state index contributed by atoms with van der Waals surface area (Å²) in [6.07, 6.45) is -1.07. The van der Waals surface area contributed by atoms with Crippen LogP contribution in [0.1, 0.15) is 47.1 Å². The fourth-order valence-electron chi connectivity index (χ4n) is 2.02. The third-order valence-corrected chi connectivity index (χ3v) is 3.75. The lowest BCUT2D eigenvalue weighted by Gasteiger charge is -2.20. The van der Waals surface area contributed by atoms with E-state index in [0.717, 1.165) is 5.56 Å². The molecule has 1 amide bonds. The Bertz CT molecular complexity index is 794. The van der Waals surface area contributed by atoms with Crippen LogP contribution in [0.15, 0.2) is 24.3 Å². The number of carbonyl (C=O) groups excluding carboxylic acids is 2. The smallest absolute Gasteiger partial charge is 0.422 e. The number of nitrogens with one attached hydrogen (secondary N) is 3. The van der Waals surface area contributed by atoms with E-state index in [1.165, 1.54) is 6.07 Å². The third-order valence-electron chi connectivity index (χ3n) is 2.81. The summed E-state index contributed by atoms with van der Waals surface area (Å²) >= 11 is 0. The van der Waals surface area contributed by atoms with Gasteiger partial charge in [0.25, 0.3) is 0 Å². The maximum atomic E-state index is 12.0. The number of amides is 1. The van der Waals surface area contributed by atoms with E-state index in [4.69, 9.17) is 9.47 Å². The first kappa shape index (κ1) is 23.7. The maximum absolute atomic E-state index is 12.0. The molecule has 0 aliphatic heterocycles. The van der Waals surface area contributed by atoms with Crippen molar-refractivity contribution in [2.75, 3.05) is 11.3 Å². The van der Waals surface area contributed by atoms with Gasteiger partial charge in [0.2, 0.25) is 0 Å². The van der Waals surface area contributed by atoms with Crippen LogP contribution in [0.25, 0.3) is 0 Å². The minimum absolute atomic E-state index is 0.0213. The van der Waals surface area contributed by atoms with Crippen LogP contribution >= 0.6 is 0 Å². The van der Waals surface area contributed by atoms with E-state index in [1.807, 2.05) is 0 Å². The summed E-state index contributed by atoms with van der Waals surface area (Å²) in [5.41, 5.74) is -0.383. The molecule has 0 heterocycles. The highest BCUT2D eigenvalue weighted by Crippen LogP contribution is 2.13. The van der Waals surface area contributed by atoms with Crippen LogP contribution in [0.4, 0.5) is 10.5 Å². The first-order chi connectivity index (χ1) is 12.7. The zero-order valence-corrected chi connectivity index (χ0v) is 17.9. The van der Waals surface area contributed by atoms with Crippen molar-refractivity contribution in [1.82, 2.24) is 10.0 Å². The molecule has 0 spiro atoms. The van der Waals surface area contributed by atoms with E-state index < -0.39 is 27.5 Å². The van der Waals surface area contributed by atoms with Crippen LogP contribution in [-0.4, -0.2) is 38.2 Å². The lowest BCUT2D eigenvalue weighted by Crippen LogP contribution is -2.39. The molecule has 28 heavy (non-hydrogen) atoms. The third kappa shape index (κ3) is 10.7. The summed E-state index contributed by atoms with van der Waals surface area (Å²) in [4.78, 5) is 23.3. The molecule has 0 radical (unpaired) electrons. The molecule has 1 aromatic carbocycles. The van der Waals surface area contributed by atoms with Crippen LogP contribution in [0.2, 0.25) is 0 Å². The second kappa shape index (κ2) is 9.24. The Balaban J connectivity index is 2.60. The molecule has 9 nitrogen and oxygen atoms in total. The minimum Gasteiger partial charge on any atom is -0.459 e. The van der Waals surface area contributed by atoms with E-state index in [-0.39, 0.29) is 18.2 Å². The summed E-state index contributed by atoms with van der Waals surface area (Å²) in [5.74, 6) is -0.383. The van der Waals surface area contributed by atoms with Crippen molar-refractivity contribution < 1.29 is 27.5 Å². The summed E-state index contributed by atoms with van der Waals surface area (Å²) in [6, 6.07) is 6.53. The Morgan fingerprint density at radius 2 is 1.61 bits per heavy atom. The number of ether oxygens (including phenoxy) is 2. The average Bonchev–Trinajstić information content (AvgIpc) is 2.41. The Labute approximate surface area is 166 Å². The standard InChI is InChI=1S/C18H29N3O6S/c1-17(2,3)26-15(22)12-19-11-13-8-7-9-14(10-13)20-28(24,25)21-16(23)27-18(4,5)6/h7-10,19-20H,11-12H2,1-6H3,(H,21,23). The highest BCUT2D eigenvalue weighted by atomic mass is 32.2. The van der Waals surface area contributed by atoms with E-state index in [1.54, 1.807) is 64.5 Å². The summed E-state index contributed by atoms with van der Waals surface area (Å²) in [6.45, 7) is 10.6. The van der Waals surface area contributed by atoms with Crippen molar-refractivity contribution in [2.24, 2.45) is 0 Å². The minimum atomic E-state index is -4.15. The molecule has 0 fully saturated rings. The van der Waals surface area contributed by atoms with Gasteiger partial charge >= 0.3 is 22.3 Å². The van der Waals surface area contributed by atoms with E-state index in [2.05, 4.69) is 10.0 Å². The number of anilines is 1. The van der Waals surface area contributed by atoms with Crippen LogP contribution in [0, 0.1) is 0 Å². The van der Waals surface area contributed by atoms with Gasteiger partial charge < -0.3 is 14.8 Å². The predicted molar refractivity (Wildman–Crippen MR) is 106 cm³/mol. The molecule has 0 aliphatic rings. The Morgan fingerprint density at radius 1 is 1.00 bits per heavy atom. The monoisotopic (exact) mass is 415 g/mol. The van der Waals surface area contributed by atoms with E-state index in [9.17, 15) is 18.0 Å². The van der Waals surface area contributed by atoms with Crippen LogP contribution in [0.5, 0.6) is 0 Å². The number of esters is 1. The SMILES string of the molecule is CC(C)(C)OC(=O)CNCc1cccc(NS(=O)(=O)NC(=O)OC(C)(C)C)c1. The van der Waals surface area contributed by atoms with Crippen molar-refractivity contribution in [3.05, 3.63) is 29.8 Å². The van der Waals surface area contributed by atoms with Gasteiger partial charge in [-0.1, -0.05) is 12.1 Å². The molecule has 0 bridgehead atoms. The highest BCUT2D eigenvalue weighted by molar-refractivity contribution is 7.91. The quantitative estimate of drug-likeness (QED) is 0.584. The van der Waals surface area contributed by atoms with Gasteiger partial charge in [0.1, 0.15) is 11.2 Å². The molecule has 0 aromatic heterocycles. The lowest BCUT2D eigenvalue weighted by molar-refractivity contribution is -0.153. The first-order valence-electron chi connectivity index (χ1n) is 8.70. The second-order valence-electron chi connectivity index (χ2n) is 8.10. The zero-order chi connectivity index (χ0) is 21.6. The Kier molecular flexibility index (Phi) is 7.83. The van der Waals surface area contributed by atoms with Crippen molar-refractivity contribution in [3.8, 4) is 0 Å². The van der Waals surface area contributed by atoms with E-state index in [0.29, 0.717) is 6.54 Å². The van der Waals surface area contributed by atoms with Gasteiger partial charge in [-0.05, 0) is 59.2 Å². The zero-order valence-electron chi connectivity index (χ0n) is 17.1. The van der Waals surface area contributed by atoms with Crippen LogP contribution < -0.4 is 14.8 Å². The van der Waals surface area contributed by atoms with Gasteiger partial charge in [-0.15, -0.1) is 0 Å². The number of rotatable bonds is 7. The Hall–Kier alpha value is -2.33. The molecule has 1 rings (SSSR count). The van der Waals surface area contributed by atoms with Crippen molar-refractivity contribution in [3.63, 3.8) is 0 Å². The molecule has 3 N–H and O–H groups in total. The number of carbonyl (C=O) groups is 2. The van der Waals surface area contributed by atoms with Crippen LogP contribution in [0.3, 0.4) is 0 Å². The lowest BCUT2D eigenvalue weighted by atomic mass is 10.2. The summed E-state index contributed by atoms with van der Waals surface area (Å²) in [7, 11) is -4.15. The number of benzene rings is 1. The van der Waals surface area contributed by atoms with Gasteiger partial charge in [-0.25, -0.2) is 9.52 Å². The molecule has 0 saturated carbocycles. The molecular weight excluding hydrogens is 386 g/mol. The molecule has 0 saturated heterocycles. The molecule has 0 unspecified atom stereocenters. The molecular formula is C18H29N3O6S. The molecule has 0 aliphatic carbocycles. The van der Waals surface area contributed by atoms with Gasteiger partial charge in [0.05, 0.1) is 12.2 Å². The molecule has 1 aromatic rings. The largest absolute Gasteiger partial charge is 0.459 e. The summed E-state index contributed by atoms with van der Waals surface area (Å²) in [5, 5.41) is 2.93. The second-order valence-corrected chi connectivity index (χ2v) is 9.51. The fourth-order valence-corrected chi connectivity index (χ4v) is 2.77. The number of hydrogen-bond donors (Lipinski definition) is 3. The van der Waals surface area contributed by atoms with Gasteiger partial charge in [0, 0.05) is 6.54 Å². The molecule has 158 valence electrons. The first-order valence-corrected chi connectivity index (χ1v) is 10.2. The predicted octanol–water partition coefficient (Wildman–Crippen LogP) is 2.30. The molecule has 0 atom stereocenters.